The highest BCUT2D eigenvalue weighted by Crippen LogP contribution is 2.27. The molecule has 0 radical (unpaired) electrons. The van der Waals surface area contributed by atoms with Crippen molar-refractivity contribution in [2.45, 2.75) is 0 Å². The molecule has 0 unspecified atom stereocenters. The van der Waals surface area contributed by atoms with Gasteiger partial charge in [-0.25, -0.2) is 5.43 Å². The number of fused-ring (bicyclic) bond motifs is 1. The average Bonchev–Trinajstić information content (AvgIpc) is 2.90. The molecule has 0 bridgehead atoms. The molecule has 0 aliphatic carbocycles. The van der Waals surface area contributed by atoms with Crippen molar-refractivity contribution in [1.82, 2.24) is 15.0 Å². The first-order chi connectivity index (χ1) is 16.8. The molecular weight excluding hydrogens is 430 g/mol. The average molecular weight is 456 g/mol. The minimum atomic E-state index is 0.351. The van der Waals surface area contributed by atoms with E-state index in [2.05, 4.69) is 35.7 Å². The Morgan fingerprint density at radius 2 is 1.62 bits per heavy atom. The van der Waals surface area contributed by atoms with Gasteiger partial charge in [0.15, 0.2) is 0 Å². The number of benzene rings is 3. The number of ether oxygens (including phenoxy) is 2. The first-order valence-electron chi connectivity index (χ1n) is 11.1. The van der Waals surface area contributed by atoms with Gasteiger partial charge in [-0.05, 0) is 29.7 Å². The number of hydrazone groups is 1. The number of hydrogen-bond acceptors (Lipinski definition) is 9. The molecule has 3 aromatic carbocycles. The molecule has 0 atom stereocenters. The molecular formula is C25H25N7O2. The number of nitrogens with one attached hydrogen (secondary N) is 2. The van der Waals surface area contributed by atoms with E-state index in [-0.39, 0.29) is 0 Å². The Balaban J connectivity index is 1.42. The van der Waals surface area contributed by atoms with Crippen LogP contribution in [0.1, 0.15) is 5.56 Å². The molecule has 1 aliphatic rings. The predicted octanol–water partition coefficient (Wildman–Crippen LogP) is 4.06. The largest absolute Gasteiger partial charge is 0.496 e. The summed E-state index contributed by atoms with van der Waals surface area (Å²) in [7, 11) is 1.67. The molecule has 1 fully saturated rings. The molecule has 1 aromatic heterocycles. The van der Waals surface area contributed by atoms with Gasteiger partial charge in [-0.2, -0.15) is 20.1 Å². The van der Waals surface area contributed by atoms with Gasteiger partial charge >= 0.3 is 0 Å². The molecule has 9 nitrogen and oxygen atoms in total. The van der Waals surface area contributed by atoms with Gasteiger partial charge in [0, 0.05) is 29.7 Å². The summed E-state index contributed by atoms with van der Waals surface area (Å²) in [6.45, 7) is 2.71. The summed E-state index contributed by atoms with van der Waals surface area (Å²) in [5.41, 5.74) is 4.81. The smallest absolute Gasteiger partial charge is 0.250 e. The number of para-hydroxylation sites is 1. The van der Waals surface area contributed by atoms with E-state index in [4.69, 9.17) is 9.47 Å². The third-order valence-corrected chi connectivity index (χ3v) is 5.45. The normalized spacial score (nSPS) is 13.9. The van der Waals surface area contributed by atoms with Crippen LogP contribution in [-0.4, -0.2) is 54.6 Å². The highest BCUT2D eigenvalue weighted by molar-refractivity contribution is 6.02. The molecule has 9 heteroatoms. The summed E-state index contributed by atoms with van der Waals surface area (Å²) in [5.74, 6) is 2.19. The standard InChI is InChI=1S/C25H25N7O2/c1-33-22-12-11-18(20-9-5-6-10-21(20)22)17-26-31-24-28-23(27-19-7-3-2-4-8-19)29-25(30-24)32-13-15-34-16-14-32/h2-12,17H,13-16H2,1H3,(H2,27,28,29,30,31)/b26-17+. The van der Waals surface area contributed by atoms with E-state index < -0.39 is 0 Å². The number of anilines is 4. The van der Waals surface area contributed by atoms with Crippen molar-refractivity contribution >= 4 is 40.5 Å². The molecule has 1 aliphatic heterocycles. The Bertz CT molecular complexity index is 1290. The first kappa shape index (κ1) is 21.6. The van der Waals surface area contributed by atoms with Crippen LogP contribution in [0.2, 0.25) is 0 Å². The van der Waals surface area contributed by atoms with Gasteiger partial charge < -0.3 is 19.7 Å². The van der Waals surface area contributed by atoms with Crippen LogP contribution in [0.25, 0.3) is 10.8 Å². The van der Waals surface area contributed by atoms with Crippen LogP contribution in [0, 0.1) is 0 Å². The van der Waals surface area contributed by atoms with Crippen LogP contribution in [0.5, 0.6) is 5.75 Å². The lowest BCUT2D eigenvalue weighted by Crippen LogP contribution is -2.37. The zero-order valence-electron chi connectivity index (χ0n) is 18.8. The van der Waals surface area contributed by atoms with Crippen molar-refractivity contribution in [1.29, 1.82) is 0 Å². The maximum Gasteiger partial charge on any atom is 0.250 e. The van der Waals surface area contributed by atoms with E-state index in [1.165, 1.54) is 0 Å². The second kappa shape index (κ2) is 10.1. The van der Waals surface area contributed by atoms with Crippen molar-refractivity contribution < 1.29 is 9.47 Å². The van der Waals surface area contributed by atoms with Gasteiger partial charge in [-0.1, -0.05) is 42.5 Å². The van der Waals surface area contributed by atoms with Crippen molar-refractivity contribution in [2.24, 2.45) is 5.10 Å². The zero-order chi connectivity index (χ0) is 23.2. The lowest BCUT2D eigenvalue weighted by Gasteiger charge is -2.27. The van der Waals surface area contributed by atoms with Gasteiger partial charge in [0.2, 0.25) is 17.8 Å². The van der Waals surface area contributed by atoms with Gasteiger partial charge in [-0.3, -0.25) is 0 Å². The molecule has 2 heterocycles. The Kier molecular flexibility index (Phi) is 6.44. The van der Waals surface area contributed by atoms with Crippen LogP contribution >= 0.6 is 0 Å². The molecule has 0 amide bonds. The Morgan fingerprint density at radius 3 is 2.41 bits per heavy atom. The quantitative estimate of drug-likeness (QED) is 0.318. The number of morpholine rings is 1. The number of methoxy groups -OCH3 is 1. The van der Waals surface area contributed by atoms with Crippen LogP contribution in [0.4, 0.5) is 23.5 Å². The molecule has 172 valence electrons. The fourth-order valence-electron chi connectivity index (χ4n) is 3.77. The van der Waals surface area contributed by atoms with Crippen LogP contribution < -0.4 is 20.4 Å². The molecule has 4 aromatic rings. The SMILES string of the molecule is COc1ccc(/C=N/Nc2nc(Nc3ccccc3)nc(N3CCOCC3)n2)c2ccccc12. The maximum atomic E-state index is 5.48. The van der Waals surface area contributed by atoms with E-state index >= 15 is 0 Å². The summed E-state index contributed by atoms with van der Waals surface area (Å²) in [4.78, 5) is 15.8. The number of nitrogens with zero attached hydrogens (tertiary/aromatic N) is 5. The third-order valence-electron chi connectivity index (χ3n) is 5.45. The second-order valence-corrected chi connectivity index (χ2v) is 7.65. The second-order valence-electron chi connectivity index (χ2n) is 7.65. The van der Waals surface area contributed by atoms with E-state index in [0.717, 1.165) is 40.9 Å². The first-order valence-corrected chi connectivity index (χ1v) is 11.1. The summed E-state index contributed by atoms with van der Waals surface area (Å²) >= 11 is 0. The van der Waals surface area contributed by atoms with Crippen LogP contribution in [0.3, 0.4) is 0 Å². The molecule has 34 heavy (non-hydrogen) atoms. The molecule has 0 spiro atoms. The highest BCUT2D eigenvalue weighted by Gasteiger charge is 2.16. The highest BCUT2D eigenvalue weighted by atomic mass is 16.5. The van der Waals surface area contributed by atoms with Crippen molar-refractivity contribution in [3.63, 3.8) is 0 Å². The predicted molar refractivity (Wildman–Crippen MR) is 134 cm³/mol. The van der Waals surface area contributed by atoms with E-state index in [1.807, 2.05) is 66.7 Å². The Labute approximate surface area is 197 Å². The number of hydrogen-bond donors (Lipinski definition) is 2. The fourth-order valence-corrected chi connectivity index (χ4v) is 3.77. The topological polar surface area (TPSA) is 96.8 Å². The van der Waals surface area contributed by atoms with E-state index in [9.17, 15) is 0 Å². The summed E-state index contributed by atoms with van der Waals surface area (Å²) in [6.07, 6.45) is 1.75. The van der Waals surface area contributed by atoms with E-state index in [0.29, 0.717) is 31.1 Å². The van der Waals surface area contributed by atoms with Crippen LogP contribution in [0.15, 0.2) is 71.8 Å². The van der Waals surface area contributed by atoms with Crippen molar-refractivity contribution in [2.75, 3.05) is 49.1 Å². The summed E-state index contributed by atoms with van der Waals surface area (Å²) in [6, 6.07) is 21.7. The maximum absolute atomic E-state index is 5.48. The van der Waals surface area contributed by atoms with Gasteiger partial charge in [0.25, 0.3) is 0 Å². The monoisotopic (exact) mass is 455 g/mol. The molecule has 2 N–H and O–H groups in total. The summed E-state index contributed by atoms with van der Waals surface area (Å²) < 4.78 is 10.9. The Hall–Kier alpha value is -4.24. The zero-order valence-corrected chi connectivity index (χ0v) is 18.8. The number of aromatic nitrogens is 3. The summed E-state index contributed by atoms with van der Waals surface area (Å²) in [5, 5.41) is 9.73. The lowest BCUT2D eigenvalue weighted by molar-refractivity contribution is 0.122. The molecule has 5 rings (SSSR count). The van der Waals surface area contributed by atoms with Crippen molar-refractivity contribution in [3.8, 4) is 5.75 Å². The van der Waals surface area contributed by atoms with Gasteiger partial charge in [-0.15, -0.1) is 0 Å². The molecule has 0 saturated carbocycles. The minimum Gasteiger partial charge on any atom is -0.496 e. The van der Waals surface area contributed by atoms with Crippen LogP contribution in [-0.2, 0) is 4.74 Å². The Morgan fingerprint density at radius 1 is 0.882 bits per heavy atom. The lowest BCUT2D eigenvalue weighted by atomic mass is 10.0. The third kappa shape index (κ3) is 4.89. The van der Waals surface area contributed by atoms with Crippen molar-refractivity contribution in [3.05, 3.63) is 72.3 Å². The van der Waals surface area contributed by atoms with Gasteiger partial charge in [0.1, 0.15) is 5.75 Å². The molecule has 1 saturated heterocycles. The fraction of sp³-hybridized carbons (Fsp3) is 0.200. The number of rotatable bonds is 7. The van der Waals surface area contributed by atoms with E-state index in [1.54, 1.807) is 13.3 Å². The van der Waals surface area contributed by atoms with Gasteiger partial charge in [0.05, 0.1) is 26.5 Å². The minimum absolute atomic E-state index is 0.351.